The molecule has 4 heteroatoms. The normalized spacial score (nSPS) is 13.6. The Hall–Kier alpha value is -1.00. The molecule has 1 rings (SSSR count). The van der Waals surface area contributed by atoms with Gasteiger partial charge in [-0.15, -0.1) is 0 Å². The van der Waals surface area contributed by atoms with Crippen LogP contribution in [-0.4, -0.2) is 18.8 Å². The molecule has 0 saturated carbocycles. The topological polar surface area (TPSA) is 21.3 Å². The number of rotatable bonds is 6. The van der Waals surface area contributed by atoms with Gasteiger partial charge in [0.2, 0.25) is 0 Å². The van der Waals surface area contributed by atoms with E-state index in [1.165, 1.54) is 6.07 Å². The van der Waals surface area contributed by atoms with E-state index in [-0.39, 0.29) is 11.6 Å². The first-order valence-electron chi connectivity index (χ1n) is 6.66. The second-order valence-electron chi connectivity index (χ2n) is 5.60. The van der Waals surface area contributed by atoms with Crippen LogP contribution in [0.3, 0.4) is 0 Å². The van der Waals surface area contributed by atoms with E-state index in [0.29, 0.717) is 12.2 Å². The zero-order valence-corrected chi connectivity index (χ0v) is 12.1. The second-order valence-corrected chi connectivity index (χ2v) is 5.60. The van der Waals surface area contributed by atoms with Crippen LogP contribution in [0.4, 0.5) is 8.78 Å². The lowest BCUT2D eigenvalue weighted by atomic mass is 10.1. The molecule has 0 aliphatic rings. The van der Waals surface area contributed by atoms with E-state index in [1.807, 2.05) is 27.7 Å². The van der Waals surface area contributed by atoms with Gasteiger partial charge in [0.15, 0.2) is 0 Å². The number of hydrogen-bond donors (Lipinski definition) is 1. The minimum atomic E-state index is -0.435. The van der Waals surface area contributed by atoms with Crippen LogP contribution in [0.5, 0.6) is 0 Å². The minimum Gasteiger partial charge on any atom is -0.374 e. The largest absolute Gasteiger partial charge is 0.374 e. The summed E-state index contributed by atoms with van der Waals surface area (Å²) in [6, 6.07) is 3.17. The number of nitrogens with one attached hydrogen (secondary N) is 1. The van der Waals surface area contributed by atoms with Crippen molar-refractivity contribution in [2.75, 3.05) is 13.2 Å². The van der Waals surface area contributed by atoms with Gasteiger partial charge < -0.3 is 10.1 Å². The molecule has 2 nitrogen and oxygen atoms in total. The Morgan fingerprint density at radius 3 is 2.53 bits per heavy atom. The maximum absolute atomic E-state index is 13.8. The standard InChI is InChI=1S/C15H23F2NO/c1-5-8-18-14(10-19-15(2,3)4)12-9-11(16)6-7-13(12)17/h6-7,9,14,18H,5,8,10H2,1-4H3. The molecule has 0 aromatic heterocycles. The van der Waals surface area contributed by atoms with Gasteiger partial charge in [0, 0.05) is 5.56 Å². The van der Waals surface area contributed by atoms with Gasteiger partial charge in [-0.1, -0.05) is 6.92 Å². The molecular weight excluding hydrogens is 248 g/mol. The van der Waals surface area contributed by atoms with Crippen molar-refractivity contribution >= 4 is 0 Å². The zero-order valence-electron chi connectivity index (χ0n) is 12.1. The highest BCUT2D eigenvalue weighted by atomic mass is 19.1. The second kappa shape index (κ2) is 6.96. The first kappa shape index (κ1) is 16.1. The molecule has 1 atom stereocenters. The van der Waals surface area contributed by atoms with E-state index in [9.17, 15) is 8.78 Å². The first-order chi connectivity index (χ1) is 8.83. The van der Waals surface area contributed by atoms with Crippen LogP contribution in [-0.2, 0) is 4.74 Å². The monoisotopic (exact) mass is 271 g/mol. The predicted octanol–water partition coefficient (Wildman–Crippen LogP) is 3.82. The van der Waals surface area contributed by atoms with Gasteiger partial charge >= 0.3 is 0 Å². The summed E-state index contributed by atoms with van der Waals surface area (Å²) >= 11 is 0. The fraction of sp³-hybridized carbons (Fsp3) is 0.600. The van der Waals surface area contributed by atoms with Crippen molar-refractivity contribution in [1.29, 1.82) is 0 Å². The highest BCUT2D eigenvalue weighted by Crippen LogP contribution is 2.21. The predicted molar refractivity (Wildman–Crippen MR) is 73.1 cm³/mol. The first-order valence-corrected chi connectivity index (χ1v) is 6.66. The van der Waals surface area contributed by atoms with Crippen molar-refractivity contribution < 1.29 is 13.5 Å². The van der Waals surface area contributed by atoms with E-state index < -0.39 is 11.6 Å². The summed E-state index contributed by atoms with van der Waals surface area (Å²) in [6.07, 6.45) is 0.920. The van der Waals surface area contributed by atoms with E-state index >= 15 is 0 Å². The van der Waals surface area contributed by atoms with E-state index in [0.717, 1.165) is 25.1 Å². The molecule has 0 aliphatic carbocycles. The molecule has 0 saturated heterocycles. The van der Waals surface area contributed by atoms with Gasteiger partial charge in [0.25, 0.3) is 0 Å². The Balaban J connectivity index is 2.85. The van der Waals surface area contributed by atoms with Gasteiger partial charge in [0.1, 0.15) is 11.6 Å². The van der Waals surface area contributed by atoms with Crippen LogP contribution in [0.25, 0.3) is 0 Å². The fourth-order valence-corrected chi connectivity index (χ4v) is 1.69. The van der Waals surface area contributed by atoms with Crippen LogP contribution < -0.4 is 5.32 Å². The molecule has 1 aromatic carbocycles. The molecule has 1 unspecified atom stereocenters. The Bertz CT molecular complexity index is 402. The highest BCUT2D eigenvalue weighted by molar-refractivity contribution is 5.22. The molecule has 1 aromatic rings. The third-order valence-electron chi connectivity index (χ3n) is 2.66. The van der Waals surface area contributed by atoms with Crippen molar-refractivity contribution in [3.05, 3.63) is 35.4 Å². The number of hydrogen-bond acceptors (Lipinski definition) is 2. The lowest BCUT2D eigenvalue weighted by molar-refractivity contribution is -0.0152. The summed E-state index contributed by atoms with van der Waals surface area (Å²) in [6.45, 7) is 8.87. The van der Waals surface area contributed by atoms with Gasteiger partial charge in [-0.3, -0.25) is 0 Å². The lowest BCUT2D eigenvalue weighted by Crippen LogP contribution is -2.31. The summed E-state index contributed by atoms with van der Waals surface area (Å²) in [4.78, 5) is 0. The number of halogens is 2. The average molecular weight is 271 g/mol. The van der Waals surface area contributed by atoms with Crippen molar-refractivity contribution in [1.82, 2.24) is 5.32 Å². The van der Waals surface area contributed by atoms with Gasteiger partial charge in [-0.2, -0.15) is 0 Å². The maximum Gasteiger partial charge on any atom is 0.128 e. The Morgan fingerprint density at radius 1 is 1.26 bits per heavy atom. The maximum atomic E-state index is 13.8. The quantitative estimate of drug-likeness (QED) is 0.849. The van der Waals surface area contributed by atoms with Crippen LogP contribution in [0.1, 0.15) is 45.7 Å². The molecule has 0 fully saturated rings. The molecule has 19 heavy (non-hydrogen) atoms. The highest BCUT2D eigenvalue weighted by Gasteiger charge is 2.19. The Labute approximate surface area is 114 Å². The molecule has 0 radical (unpaired) electrons. The third-order valence-corrected chi connectivity index (χ3v) is 2.66. The summed E-state index contributed by atoms with van der Waals surface area (Å²) in [5.41, 5.74) is 0.00774. The Morgan fingerprint density at radius 2 is 1.95 bits per heavy atom. The number of ether oxygens (including phenoxy) is 1. The number of benzene rings is 1. The molecule has 0 bridgehead atoms. The lowest BCUT2D eigenvalue weighted by Gasteiger charge is -2.25. The van der Waals surface area contributed by atoms with Gasteiger partial charge in [-0.25, -0.2) is 8.78 Å². The van der Waals surface area contributed by atoms with Crippen molar-refractivity contribution in [3.8, 4) is 0 Å². The van der Waals surface area contributed by atoms with Crippen LogP contribution in [0.15, 0.2) is 18.2 Å². The average Bonchev–Trinajstić information content (AvgIpc) is 2.32. The zero-order chi connectivity index (χ0) is 14.5. The van der Waals surface area contributed by atoms with E-state index in [1.54, 1.807) is 0 Å². The molecule has 0 amide bonds. The van der Waals surface area contributed by atoms with Crippen molar-refractivity contribution in [2.24, 2.45) is 0 Å². The van der Waals surface area contributed by atoms with E-state index in [2.05, 4.69) is 5.32 Å². The molecule has 0 spiro atoms. The minimum absolute atomic E-state index is 0.309. The van der Waals surface area contributed by atoms with Gasteiger partial charge in [0.05, 0.1) is 18.2 Å². The summed E-state index contributed by atoms with van der Waals surface area (Å²) in [5, 5.41) is 3.19. The summed E-state index contributed by atoms with van der Waals surface area (Å²) in [7, 11) is 0. The summed E-state index contributed by atoms with van der Waals surface area (Å²) in [5.74, 6) is -0.844. The molecular formula is C15H23F2NO. The van der Waals surface area contributed by atoms with Crippen molar-refractivity contribution in [3.63, 3.8) is 0 Å². The summed E-state index contributed by atoms with van der Waals surface area (Å²) < 4.78 is 32.8. The van der Waals surface area contributed by atoms with E-state index in [4.69, 9.17) is 4.74 Å². The third kappa shape index (κ3) is 5.66. The molecule has 1 N–H and O–H groups in total. The van der Waals surface area contributed by atoms with Gasteiger partial charge in [-0.05, 0) is 51.9 Å². The molecule has 108 valence electrons. The molecule has 0 aliphatic heterocycles. The SMILES string of the molecule is CCCNC(COC(C)(C)C)c1cc(F)ccc1F. The van der Waals surface area contributed by atoms with Crippen LogP contribution in [0.2, 0.25) is 0 Å². The smallest absolute Gasteiger partial charge is 0.128 e. The Kier molecular flexibility index (Phi) is 5.88. The van der Waals surface area contributed by atoms with Crippen LogP contribution >= 0.6 is 0 Å². The molecule has 0 heterocycles. The fourth-order valence-electron chi connectivity index (χ4n) is 1.69. The van der Waals surface area contributed by atoms with Crippen LogP contribution in [0, 0.1) is 11.6 Å². The van der Waals surface area contributed by atoms with Crippen molar-refractivity contribution in [2.45, 2.75) is 45.8 Å².